The molecule has 0 fully saturated rings. The molecule has 0 bridgehead atoms. The van der Waals surface area contributed by atoms with E-state index in [1.807, 2.05) is 6.07 Å². The Bertz CT molecular complexity index is 548. The molecule has 0 aliphatic heterocycles. The highest BCUT2D eigenvalue weighted by molar-refractivity contribution is 5.41. The molecule has 0 amide bonds. The average molecular weight is 248 g/mol. The summed E-state index contributed by atoms with van der Waals surface area (Å²) in [6.07, 6.45) is 0. The number of para-hydroxylation sites is 2. The highest BCUT2D eigenvalue weighted by atomic mass is 16.5. The van der Waals surface area contributed by atoms with Crippen molar-refractivity contribution in [3.05, 3.63) is 24.3 Å². The molecule has 0 aliphatic carbocycles. The minimum absolute atomic E-state index is 0.0201. The molecule has 7 nitrogen and oxygen atoms in total. The van der Waals surface area contributed by atoms with Gasteiger partial charge in [-0.1, -0.05) is 12.1 Å². The van der Waals surface area contributed by atoms with Crippen molar-refractivity contribution in [2.24, 2.45) is 0 Å². The first kappa shape index (κ1) is 11.9. The number of aromatic nitrogens is 3. The van der Waals surface area contributed by atoms with Crippen LogP contribution in [0.5, 0.6) is 23.5 Å². The number of rotatable bonds is 4. The Morgan fingerprint density at radius 1 is 0.889 bits per heavy atom. The number of ether oxygens (including phenoxy) is 3. The molecule has 0 radical (unpaired) electrons. The second-order valence-corrected chi connectivity index (χ2v) is 3.22. The van der Waals surface area contributed by atoms with Gasteiger partial charge in [0.15, 0.2) is 11.5 Å². The predicted octanol–water partition coefficient (Wildman–Crippen LogP) is 1.26. The molecule has 0 saturated carbocycles. The lowest BCUT2D eigenvalue weighted by atomic mass is 10.3. The van der Waals surface area contributed by atoms with Crippen molar-refractivity contribution >= 4 is 5.95 Å². The van der Waals surface area contributed by atoms with Crippen molar-refractivity contribution in [3.63, 3.8) is 0 Å². The van der Waals surface area contributed by atoms with E-state index >= 15 is 0 Å². The van der Waals surface area contributed by atoms with E-state index < -0.39 is 0 Å². The van der Waals surface area contributed by atoms with Crippen LogP contribution in [-0.2, 0) is 0 Å². The molecule has 1 aromatic carbocycles. The van der Waals surface area contributed by atoms with Gasteiger partial charge in [0.1, 0.15) is 0 Å². The Morgan fingerprint density at radius 2 is 1.56 bits per heavy atom. The fraction of sp³-hybridized carbons (Fsp3) is 0.182. The van der Waals surface area contributed by atoms with Crippen LogP contribution in [0.25, 0.3) is 0 Å². The van der Waals surface area contributed by atoms with Crippen molar-refractivity contribution in [2.75, 3.05) is 20.0 Å². The average Bonchev–Trinajstić information content (AvgIpc) is 2.38. The highest BCUT2D eigenvalue weighted by Gasteiger charge is 2.09. The number of hydrogen-bond donors (Lipinski definition) is 1. The van der Waals surface area contributed by atoms with Gasteiger partial charge in [-0.05, 0) is 12.1 Å². The topological polar surface area (TPSA) is 92.4 Å². The van der Waals surface area contributed by atoms with Gasteiger partial charge < -0.3 is 19.9 Å². The van der Waals surface area contributed by atoms with Crippen LogP contribution >= 0.6 is 0 Å². The Balaban J connectivity index is 2.30. The molecule has 2 rings (SSSR count). The SMILES string of the molecule is COc1nc(N)nc(Oc2ccccc2OC)n1. The zero-order chi connectivity index (χ0) is 13.0. The summed E-state index contributed by atoms with van der Waals surface area (Å²) in [6.45, 7) is 0. The first-order chi connectivity index (χ1) is 8.72. The molecular weight excluding hydrogens is 236 g/mol. The van der Waals surface area contributed by atoms with Gasteiger partial charge in [0.25, 0.3) is 0 Å². The zero-order valence-corrected chi connectivity index (χ0v) is 9.95. The van der Waals surface area contributed by atoms with E-state index in [2.05, 4.69) is 15.0 Å². The number of anilines is 1. The van der Waals surface area contributed by atoms with E-state index in [9.17, 15) is 0 Å². The van der Waals surface area contributed by atoms with Gasteiger partial charge >= 0.3 is 12.0 Å². The molecule has 0 spiro atoms. The van der Waals surface area contributed by atoms with Crippen molar-refractivity contribution in [2.45, 2.75) is 0 Å². The summed E-state index contributed by atoms with van der Waals surface area (Å²) in [5, 5.41) is 0. The number of nitrogen functional groups attached to an aromatic ring is 1. The second-order valence-electron chi connectivity index (χ2n) is 3.22. The molecule has 7 heteroatoms. The maximum absolute atomic E-state index is 5.51. The fourth-order valence-corrected chi connectivity index (χ4v) is 1.29. The lowest BCUT2D eigenvalue weighted by molar-refractivity contribution is 0.346. The van der Waals surface area contributed by atoms with Crippen LogP contribution in [0.3, 0.4) is 0 Å². The maximum Gasteiger partial charge on any atom is 0.330 e. The summed E-state index contributed by atoms with van der Waals surface area (Å²) in [5.41, 5.74) is 5.51. The van der Waals surface area contributed by atoms with E-state index in [0.717, 1.165) is 0 Å². The third-order valence-electron chi connectivity index (χ3n) is 2.06. The number of nitrogens with two attached hydrogens (primary N) is 1. The number of nitrogens with zero attached hydrogens (tertiary/aromatic N) is 3. The number of methoxy groups -OCH3 is 2. The van der Waals surface area contributed by atoms with Crippen LogP contribution in [0.15, 0.2) is 24.3 Å². The summed E-state index contributed by atoms with van der Waals surface area (Å²) in [7, 11) is 2.98. The molecule has 1 heterocycles. The predicted molar refractivity (Wildman–Crippen MR) is 63.9 cm³/mol. The highest BCUT2D eigenvalue weighted by Crippen LogP contribution is 2.29. The van der Waals surface area contributed by atoms with Crippen LogP contribution in [0.1, 0.15) is 0 Å². The lowest BCUT2D eigenvalue weighted by Gasteiger charge is -2.08. The number of hydrogen-bond acceptors (Lipinski definition) is 7. The summed E-state index contributed by atoms with van der Waals surface area (Å²) in [4.78, 5) is 11.5. The van der Waals surface area contributed by atoms with Crippen molar-refractivity contribution in [1.29, 1.82) is 0 Å². The Labute approximate surface area is 104 Å². The Hall–Kier alpha value is -2.57. The third kappa shape index (κ3) is 2.57. The van der Waals surface area contributed by atoms with Crippen molar-refractivity contribution < 1.29 is 14.2 Å². The standard InChI is InChI=1S/C11H12N4O3/c1-16-7-5-3-4-6-8(7)18-11-14-9(12)13-10(15-11)17-2/h3-6H,1-2H3,(H2,12,13,14,15). The first-order valence-corrected chi connectivity index (χ1v) is 5.09. The van der Waals surface area contributed by atoms with Crippen LogP contribution in [0.2, 0.25) is 0 Å². The van der Waals surface area contributed by atoms with Crippen LogP contribution in [0, 0.1) is 0 Å². The van der Waals surface area contributed by atoms with E-state index in [-0.39, 0.29) is 18.0 Å². The molecule has 18 heavy (non-hydrogen) atoms. The third-order valence-corrected chi connectivity index (χ3v) is 2.06. The quantitative estimate of drug-likeness (QED) is 0.870. The zero-order valence-electron chi connectivity index (χ0n) is 9.95. The van der Waals surface area contributed by atoms with E-state index in [4.69, 9.17) is 19.9 Å². The Morgan fingerprint density at radius 3 is 2.22 bits per heavy atom. The largest absolute Gasteiger partial charge is 0.493 e. The Kier molecular flexibility index (Phi) is 3.42. The van der Waals surface area contributed by atoms with Crippen molar-refractivity contribution in [3.8, 4) is 23.5 Å². The minimum Gasteiger partial charge on any atom is -0.493 e. The second kappa shape index (κ2) is 5.17. The molecule has 0 atom stereocenters. The van der Waals surface area contributed by atoms with Gasteiger partial charge in [0.2, 0.25) is 5.95 Å². The molecule has 2 aromatic rings. The molecule has 94 valence electrons. The van der Waals surface area contributed by atoms with Gasteiger partial charge in [0.05, 0.1) is 14.2 Å². The molecule has 0 unspecified atom stereocenters. The van der Waals surface area contributed by atoms with Gasteiger partial charge in [-0.15, -0.1) is 4.98 Å². The van der Waals surface area contributed by atoms with Gasteiger partial charge in [-0.25, -0.2) is 0 Å². The monoisotopic (exact) mass is 248 g/mol. The van der Waals surface area contributed by atoms with Gasteiger partial charge in [-0.2, -0.15) is 9.97 Å². The lowest BCUT2D eigenvalue weighted by Crippen LogP contribution is -2.03. The fourth-order valence-electron chi connectivity index (χ4n) is 1.29. The maximum atomic E-state index is 5.51. The summed E-state index contributed by atoms with van der Waals surface area (Å²) >= 11 is 0. The van der Waals surface area contributed by atoms with Crippen molar-refractivity contribution in [1.82, 2.24) is 15.0 Å². The van der Waals surface area contributed by atoms with Crippen LogP contribution in [0.4, 0.5) is 5.95 Å². The smallest absolute Gasteiger partial charge is 0.330 e. The normalized spacial score (nSPS) is 9.89. The molecular formula is C11H12N4O3. The van der Waals surface area contributed by atoms with Crippen LogP contribution < -0.4 is 19.9 Å². The molecule has 2 N–H and O–H groups in total. The van der Waals surface area contributed by atoms with E-state index in [1.54, 1.807) is 25.3 Å². The van der Waals surface area contributed by atoms with E-state index in [1.165, 1.54) is 7.11 Å². The number of benzene rings is 1. The minimum atomic E-state index is 0.0201. The summed E-state index contributed by atoms with van der Waals surface area (Å²) in [5.74, 6) is 1.06. The first-order valence-electron chi connectivity index (χ1n) is 5.09. The molecule has 0 aliphatic rings. The molecule has 1 aromatic heterocycles. The van der Waals surface area contributed by atoms with E-state index in [0.29, 0.717) is 11.5 Å². The van der Waals surface area contributed by atoms with Gasteiger partial charge in [-0.3, -0.25) is 0 Å². The van der Waals surface area contributed by atoms with Gasteiger partial charge in [0, 0.05) is 0 Å². The summed E-state index contributed by atoms with van der Waals surface area (Å²) < 4.78 is 15.5. The summed E-state index contributed by atoms with van der Waals surface area (Å²) in [6, 6.07) is 7.26. The van der Waals surface area contributed by atoms with Crippen LogP contribution in [-0.4, -0.2) is 29.2 Å². The molecule has 0 saturated heterocycles.